The summed E-state index contributed by atoms with van der Waals surface area (Å²) >= 11 is 4.92. The Morgan fingerprint density at radius 2 is 2.00 bits per heavy atom. The molecule has 0 radical (unpaired) electrons. The fourth-order valence-corrected chi connectivity index (χ4v) is 2.58. The van der Waals surface area contributed by atoms with E-state index in [4.69, 9.17) is 0 Å². The summed E-state index contributed by atoms with van der Waals surface area (Å²) in [6.07, 6.45) is 0. The van der Waals surface area contributed by atoms with E-state index in [1.165, 1.54) is 11.3 Å². The fourth-order valence-electron chi connectivity index (χ4n) is 1.48. The van der Waals surface area contributed by atoms with Gasteiger partial charge in [-0.15, -0.1) is 11.3 Å². The summed E-state index contributed by atoms with van der Waals surface area (Å²) in [4.78, 5) is 13.8. The molecule has 0 fully saturated rings. The van der Waals surface area contributed by atoms with E-state index in [2.05, 4.69) is 21.2 Å². The molecule has 88 valence electrons. The smallest absolute Gasteiger partial charge is 0.265 e. The Hall–Kier alpha value is -1.13. The molecule has 17 heavy (non-hydrogen) atoms. The van der Waals surface area contributed by atoms with Crippen LogP contribution in [0.2, 0.25) is 0 Å². The van der Waals surface area contributed by atoms with E-state index in [0.29, 0.717) is 0 Å². The van der Waals surface area contributed by atoms with Gasteiger partial charge in [-0.1, -0.05) is 6.07 Å². The zero-order valence-corrected chi connectivity index (χ0v) is 12.0. The highest BCUT2D eigenvalue weighted by Gasteiger charge is 2.10. The lowest BCUT2D eigenvalue weighted by Crippen LogP contribution is -2.10. The van der Waals surface area contributed by atoms with Crippen LogP contribution in [0.1, 0.15) is 20.1 Å². The van der Waals surface area contributed by atoms with Crippen molar-refractivity contribution in [3.05, 3.63) is 50.1 Å². The first-order valence-electron chi connectivity index (χ1n) is 5.20. The molecule has 2 rings (SSSR count). The molecule has 0 atom stereocenters. The van der Waals surface area contributed by atoms with Gasteiger partial charge in [0.1, 0.15) is 0 Å². The molecular weight excluding hydrogens is 298 g/mol. The van der Waals surface area contributed by atoms with Crippen LogP contribution in [-0.2, 0) is 0 Å². The van der Waals surface area contributed by atoms with Gasteiger partial charge in [0.2, 0.25) is 0 Å². The second-order valence-corrected chi connectivity index (χ2v) is 5.99. The Labute approximate surface area is 113 Å². The van der Waals surface area contributed by atoms with Crippen molar-refractivity contribution in [3.63, 3.8) is 0 Å². The summed E-state index contributed by atoms with van der Waals surface area (Å²) in [6, 6.07) is 9.67. The van der Waals surface area contributed by atoms with Gasteiger partial charge in [-0.2, -0.15) is 0 Å². The average Bonchev–Trinajstić information content (AvgIpc) is 2.70. The highest BCUT2D eigenvalue weighted by atomic mass is 79.9. The minimum atomic E-state index is -0.0607. The Balaban J connectivity index is 2.21. The number of amides is 1. The van der Waals surface area contributed by atoms with Crippen molar-refractivity contribution < 1.29 is 4.79 Å². The van der Waals surface area contributed by atoms with Crippen molar-refractivity contribution in [3.8, 4) is 0 Å². The van der Waals surface area contributed by atoms with Crippen LogP contribution in [0.5, 0.6) is 0 Å². The number of carbonyl (C=O) groups excluding carboxylic acids is 1. The highest BCUT2D eigenvalue weighted by molar-refractivity contribution is 9.10. The normalized spacial score (nSPS) is 10.3. The molecule has 1 amide bonds. The number of aryl methyl sites for hydroxylation is 2. The van der Waals surface area contributed by atoms with Crippen LogP contribution in [0.15, 0.2) is 34.8 Å². The van der Waals surface area contributed by atoms with E-state index in [1.54, 1.807) is 0 Å². The molecule has 0 saturated heterocycles. The number of hydrogen-bond acceptors (Lipinski definition) is 2. The topological polar surface area (TPSA) is 29.1 Å². The number of benzene rings is 1. The number of halogens is 1. The van der Waals surface area contributed by atoms with Gasteiger partial charge in [0.25, 0.3) is 5.91 Å². The van der Waals surface area contributed by atoms with E-state index < -0.39 is 0 Å². The average molecular weight is 310 g/mol. The van der Waals surface area contributed by atoms with Crippen LogP contribution in [0, 0.1) is 13.8 Å². The number of anilines is 1. The maximum atomic E-state index is 12.0. The van der Waals surface area contributed by atoms with Gasteiger partial charge in [-0.05, 0) is 59.6 Å². The van der Waals surface area contributed by atoms with E-state index >= 15 is 0 Å². The number of hydrogen-bond donors (Lipinski definition) is 1. The molecule has 0 aliphatic carbocycles. The molecule has 1 aromatic heterocycles. The lowest BCUT2D eigenvalue weighted by atomic mass is 10.2. The van der Waals surface area contributed by atoms with Crippen LogP contribution in [-0.4, -0.2) is 5.91 Å². The van der Waals surface area contributed by atoms with E-state index in [1.807, 2.05) is 44.2 Å². The highest BCUT2D eigenvalue weighted by Crippen LogP contribution is 2.25. The lowest BCUT2D eigenvalue weighted by molar-refractivity contribution is 0.103. The predicted octanol–water partition coefficient (Wildman–Crippen LogP) is 4.38. The SMILES string of the molecule is Cc1ccc(Br)c(NC(=O)c2ccc(C)s2)c1. The summed E-state index contributed by atoms with van der Waals surface area (Å²) in [6.45, 7) is 3.99. The van der Waals surface area contributed by atoms with Crippen LogP contribution in [0.4, 0.5) is 5.69 Å². The molecule has 0 unspecified atom stereocenters. The lowest BCUT2D eigenvalue weighted by Gasteiger charge is -2.07. The minimum Gasteiger partial charge on any atom is -0.320 e. The van der Waals surface area contributed by atoms with Crippen LogP contribution < -0.4 is 5.32 Å². The van der Waals surface area contributed by atoms with Gasteiger partial charge in [0.15, 0.2) is 0 Å². The third-order valence-corrected chi connectivity index (χ3v) is 4.03. The van der Waals surface area contributed by atoms with Gasteiger partial charge < -0.3 is 5.32 Å². The molecule has 2 aromatic rings. The molecule has 0 aliphatic heterocycles. The quantitative estimate of drug-likeness (QED) is 0.876. The summed E-state index contributed by atoms with van der Waals surface area (Å²) in [7, 11) is 0. The van der Waals surface area contributed by atoms with Crippen molar-refractivity contribution in [2.45, 2.75) is 13.8 Å². The van der Waals surface area contributed by atoms with E-state index in [-0.39, 0.29) is 5.91 Å². The van der Waals surface area contributed by atoms with Gasteiger partial charge in [-0.25, -0.2) is 0 Å². The van der Waals surface area contributed by atoms with E-state index in [9.17, 15) is 4.79 Å². The summed E-state index contributed by atoms with van der Waals surface area (Å²) in [5.74, 6) is -0.0607. The summed E-state index contributed by atoms with van der Waals surface area (Å²) in [5, 5.41) is 2.91. The van der Waals surface area contributed by atoms with Crippen LogP contribution in [0.3, 0.4) is 0 Å². The van der Waals surface area contributed by atoms with Crippen molar-refractivity contribution in [2.24, 2.45) is 0 Å². The molecule has 1 N–H and O–H groups in total. The largest absolute Gasteiger partial charge is 0.320 e. The van der Waals surface area contributed by atoms with Crippen LogP contribution >= 0.6 is 27.3 Å². The first-order valence-corrected chi connectivity index (χ1v) is 6.81. The zero-order chi connectivity index (χ0) is 12.4. The van der Waals surface area contributed by atoms with Crippen molar-refractivity contribution in [1.29, 1.82) is 0 Å². The molecule has 0 aliphatic rings. The molecule has 0 spiro atoms. The number of rotatable bonds is 2. The molecule has 0 bridgehead atoms. The zero-order valence-electron chi connectivity index (χ0n) is 9.58. The van der Waals surface area contributed by atoms with Crippen molar-refractivity contribution in [1.82, 2.24) is 0 Å². The molecule has 0 saturated carbocycles. The van der Waals surface area contributed by atoms with E-state index in [0.717, 1.165) is 25.5 Å². The van der Waals surface area contributed by atoms with Gasteiger partial charge in [0.05, 0.1) is 10.6 Å². The standard InChI is InChI=1S/C13H12BrNOS/c1-8-3-5-10(14)11(7-8)15-13(16)12-6-4-9(2)17-12/h3-7H,1-2H3,(H,15,16). The van der Waals surface area contributed by atoms with Crippen LogP contribution in [0.25, 0.3) is 0 Å². The maximum Gasteiger partial charge on any atom is 0.265 e. The summed E-state index contributed by atoms with van der Waals surface area (Å²) < 4.78 is 0.893. The number of thiophene rings is 1. The summed E-state index contributed by atoms with van der Waals surface area (Å²) in [5.41, 5.74) is 1.92. The molecule has 1 heterocycles. The van der Waals surface area contributed by atoms with Crippen molar-refractivity contribution in [2.75, 3.05) is 5.32 Å². The van der Waals surface area contributed by atoms with Crippen molar-refractivity contribution >= 4 is 38.9 Å². The molecule has 4 heteroatoms. The maximum absolute atomic E-state index is 12.0. The second kappa shape index (κ2) is 5.02. The molecule has 1 aromatic carbocycles. The van der Waals surface area contributed by atoms with Gasteiger partial charge in [0, 0.05) is 9.35 Å². The first-order chi connectivity index (χ1) is 8.06. The van der Waals surface area contributed by atoms with Gasteiger partial charge in [-0.3, -0.25) is 4.79 Å². The third-order valence-electron chi connectivity index (χ3n) is 2.33. The first kappa shape index (κ1) is 12.3. The number of nitrogens with one attached hydrogen (secondary N) is 1. The Morgan fingerprint density at radius 3 is 2.65 bits per heavy atom. The second-order valence-electron chi connectivity index (χ2n) is 3.85. The number of carbonyl (C=O) groups is 1. The Bertz CT molecular complexity index is 562. The molecular formula is C13H12BrNOS. The van der Waals surface area contributed by atoms with Gasteiger partial charge >= 0.3 is 0 Å². The third kappa shape index (κ3) is 2.96. The Kier molecular flexibility index (Phi) is 3.64. The molecule has 2 nitrogen and oxygen atoms in total. The minimum absolute atomic E-state index is 0.0607. The monoisotopic (exact) mass is 309 g/mol. The fraction of sp³-hybridized carbons (Fsp3) is 0.154. The predicted molar refractivity (Wildman–Crippen MR) is 75.9 cm³/mol. The Morgan fingerprint density at radius 1 is 1.24 bits per heavy atom.